The molecule has 94 valence electrons. The molecule has 1 aliphatic heterocycles. The van der Waals surface area contributed by atoms with Crippen LogP contribution < -0.4 is 10.2 Å². The maximum Gasteiger partial charge on any atom is 0.128 e. The third-order valence-corrected chi connectivity index (χ3v) is 3.35. The van der Waals surface area contributed by atoms with Crippen LogP contribution in [0.3, 0.4) is 0 Å². The second-order valence-corrected chi connectivity index (χ2v) is 4.85. The number of aromatic nitrogens is 1. The van der Waals surface area contributed by atoms with E-state index in [4.69, 9.17) is 0 Å². The molecule has 1 unspecified atom stereocenters. The first-order valence-corrected chi connectivity index (χ1v) is 6.77. The Bertz CT molecular complexity index is 313. The summed E-state index contributed by atoms with van der Waals surface area (Å²) in [7, 11) is 0. The van der Waals surface area contributed by atoms with Crippen LogP contribution in [0.25, 0.3) is 0 Å². The average Bonchev–Trinajstić information content (AvgIpc) is 2.41. The lowest BCUT2D eigenvalue weighted by Crippen LogP contribution is -2.40. The van der Waals surface area contributed by atoms with Crippen LogP contribution in [0.2, 0.25) is 0 Å². The van der Waals surface area contributed by atoms with E-state index in [2.05, 4.69) is 34.3 Å². The molecule has 1 atom stereocenters. The van der Waals surface area contributed by atoms with E-state index in [1.807, 2.05) is 12.3 Å². The van der Waals surface area contributed by atoms with Gasteiger partial charge in [0.15, 0.2) is 0 Å². The van der Waals surface area contributed by atoms with Crippen LogP contribution in [0.1, 0.15) is 26.2 Å². The van der Waals surface area contributed by atoms with Gasteiger partial charge in [-0.25, -0.2) is 4.98 Å². The minimum absolute atomic E-state index is 0.775. The Morgan fingerprint density at radius 3 is 3.18 bits per heavy atom. The Kier molecular flexibility index (Phi) is 4.80. The second-order valence-electron chi connectivity index (χ2n) is 4.85. The maximum absolute atomic E-state index is 4.44. The van der Waals surface area contributed by atoms with Crippen molar-refractivity contribution in [3.8, 4) is 0 Å². The quantitative estimate of drug-likeness (QED) is 0.791. The first-order valence-electron chi connectivity index (χ1n) is 6.77. The highest BCUT2D eigenvalue weighted by molar-refractivity contribution is 5.38. The number of piperidine rings is 1. The third-order valence-electron chi connectivity index (χ3n) is 3.35. The summed E-state index contributed by atoms with van der Waals surface area (Å²) in [6, 6.07) is 6.16. The lowest BCUT2D eigenvalue weighted by atomic mass is 9.98. The molecule has 0 amide bonds. The summed E-state index contributed by atoms with van der Waals surface area (Å²) >= 11 is 0. The molecular weight excluding hydrogens is 210 g/mol. The van der Waals surface area contributed by atoms with Gasteiger partial charge in [0.05, 0.1) is 0 Å². The summed E-state index contributed by atoms with van der Waals surface area (Å²) in [5.74, 6) is 1.91. The van der Waals surface area contributed by atoms with Crippen LogP contribution in [0.5, 0.6) is 0 Å². The molecule has 0 bridgehead atoms. The summed E-state index contributed by atoms with van der Waals surface area (Å²) in [5.41, 5.74) is 0. The summed E-state index contributed by atoms with van der Waals surface area (Å²) in [6.45, 7) is 6.81. The minimum atomic E-state index is 0.775. The fourth-order valence-corrected chi connectivity index (χ4v) is 2.46. The molecule has 3 nitrogen and oxygen atoms in total. The first-order chi connectivity index (χ1) is 8.40. The first kappa shape index (κ1) is 12.4. The Balaban J connectivity index is 1.84. The molecular formula is C14H23N3. The predicted molar refractivity (Wildman–Crippen MR) is 72.3 cm³/mol. The molecule has 0 aliphatic carbocycles. The van der Waals surface area contributed by atoms with Crippen LogP contribution in [0.4, 0.5) is 5.82 Å². The van der Waals surface area contributed by atoms with Crippen molar-refractivity contribution in [2.24, 2.45) is 5.92 Å². The van der Waals surface area contributed by atoms with E-state index in [1.165, 1.54) is 19.3 Å². The zero-order valence-corrected chi connectivity index (χ0v) is 10.7. The Hall–Kier alpha value is -1.09. The van der Waals surface area contributed by atoms with Gasteiger partial charge in [-0.05, 0) is 50.4 Å². The van der Waals surface area contributed by atoms with Crippen molar-refractivity contribution in [1.82, 2.24) is 10.3 Å². The number of pyridine rings is 1. The summed E-state index contributed by atoms with van der Waals surface area (Å²) < 4.78 is 0. The molecule has 0 radical (unpaired) electrons. The molecule has 2 rings (SSSR count). The summed E-state index contributed by atoms with van der Waals surface area (Å²) in [4.78, 5) is 6.86. The van der Waals surface area contributed by atoms with Gasteiger partial charge in [0.2, 0.25) is 0 Å². The minimum Gasteiger partial charge on any atom is -0.356 e. The van der Waals surface area contributed by atoms with Gasteiger partial charge >= 0.3 is 0 Å². The summed E-state index contributed by atoms with van der Waals surface area (Å²) in [6.07, 6.45) is 5.74. The number of nitrogens with zero attached hydrogens (tertiary/aromatic N) is 2. The average molecular weight is 233 g/mol. The van der Waals surface area contributed by atoms with E-state index in [0.29, 0.717) is 0 Å². The molecule has 1 aliphatic rings. The van der Waals surface area contributed by atoms with Crippen molar-refractivity contribution in [1.29, 1.82) is 0 Å². The zero-order valence-electron chi connectivity index (χ0n) is 10.7. The number of hydrogen-bond donors (Lipinski definition) is 1. The number of anilines is 1. The van der Waals surface area contributed by atoms with Gasteiger partial charge in [0, 0.05) is 19.3 Å². The molecule has 0 spiro atoms. The fourth-order valence-electron chi connectivity index (χ4n) is 2.46. The molecule has 1 aromatic heterocycles. The van der Waals surface area contributed by atoms with Gasteiger partial charge in [0.25, 0.3) is 0 Å². The summed E-state index contributed by atoms with van der Waals surface area (Å²) in [5, 5.41) is 3.53. The highest BCUT2D eigenvalue weighted by Gasteiger charge is 2.20. The van der Waals surface area contributed by atoms with E-state index in [0.717, 1.165) is 37.9 Å². The predicted octanol–water partition coefficient (Wildman–Crippen LogP) is 2.30. The third kappa shape index (κ3) is 3.70. The van der Waals surface area contributed by atoms with Gasteiger partial charge in [-0.1, -0.05) is 13.0 Å². The van der Waals surface area contributed by atoms with Gasteiger partial charge in [-0.2, -0.15) is 0 Å². The molecule has 1 N–H and O–H groups in total. The monoisotopic (exact) mass is 233 g/mol. The highest BCUT2D eigenvalue weighted by atomic mass is 15.2. The number of nitrogens with one attached hydrogen (secondary N) is 1. The van der Waals surface area contributed by atoms with Crippen molar-refractivity contribution in [3.63, 3.8) is 0 Å². The fraction of sp³-hybridized carbons (Fsp3) is 0.643. The van der Waals surface area contributed by atoms with Crippen LogP contribution in [0, 0.1) is 5.92 Å². The van der Waals surface area contributed by atoms with Crippen molar-refractivity contribution < 1.29 is 0 Å². The Morgan fingerprint density at radius 1 is 1.47 bits per heavy atom. The largest absolute Gasteiger partial charge is 0.356 e. The van der Waals surface area contributed by atoms with Gasteiger partial charge in [-0.15, -0.1) is 0 Å². The van der Waals surface area contributed by atoms with Crippen molar-refractivity contribution in [2.75, 3.05) is 31.1 Å². The molecule has 0 saturated carbocycles. The molecule has 0 aromatic carbocycles. The van der Waals surface area contributed by atoms with Crippen molar-refractivity contribution in [2.45, 2.75) is 26.2 Å². The molecule has 2 heterocycles. The Labute approximate surface area is 104 Å². The Morgan fingerprint density at radius 2 is 2.41 bits per heavy atom. The van der Waals surface area contributed by atoms with E-state index < -0.39 is 0 Å². The standard InChI is InChI=1S/C14H23N3/c1-2-8-15-11-13-6-5-10-17(12-13)14-7-3-4-9-16-14/h3-4,7,9,13,15H,2,5-6,8,10-12H2,1H3. The van der Waals surface area contributed by atoms with Crippen LogP contribution in [-0.2, 0) is 0 Å². The molecule has 3 heteroatoms. The molecule has 17 heavy (non-hydrogen) atoms. The normalized spacial score (nSPS) is 20.5. The van der Waals surface area contributed by atoms with Crippen molar-refractivity contribution >= 4 is 5.82 Å². The maximum atomic E-state index is 4.44. The number of rotatable bonds is 5. The SMILES string of the molecule is CCCNCC1CCCN(c2ccccn2)C1. The second kappa shape index (κ2) is 6.60. The van der Waals surface area contributed by atoms with E-state index >= 15 is 0 Å². The van der Waals surface area contributed by atoms with E-state index in [1.54, 1.807) is 0 Å². The van der Waals surface area contributed by atoms with Gasteiger partial charge in [-0.3, -0.25) is 0 Å². The van der Waals surface area contributed by atoms with Gasteiger partial charge < -0.3 is 10.2 Å². The lowest BCUT2D eigenvalue weighted by molar-refractivity contribution is 0.391. The van der Waals surface area contributed by atoms with Gasteiger partial charge in [0.1, 0.15) is 5.82 Å². The molecule has 1 aromatic rings. The zero-order chi connectivity index (χ0) is 11.9. The van der Waals surface area contributed by atoms with E-state index in [-0.39, 0.29) is 0 Å². The van der Waals surface area contributed by atoms with E-state index in [9.17, 15) is 0 Å². The van der Waals surface area contributed by atoms with Crippen LogP contribution in [0.15, 0.2) is 24.4 Å². The van der Waals surface area contributed by atoms with Crippen LogP contribution in [-0.4, -0.2) is 31.2 Å². The lowest BCUT2D eigenvalue weighted by Gasteiger charge is -2.33. The topological polar surface area (TPSA) is 28.2 Å². The molecule has 1 fully saturated rings. The highest BCUT2D eigenvalue weighted by Crippen LogP contribution is 2.20. The van der Waals surface area contributed by atoms with Crippen molar-refractivity contribution in [3.05, 3.63) is 24.4 Å². The smallest absolute Gasteiger partial charge is 0.128 e. The molecule has 1 saturated heterocycles. The number of hydrogen-bond acceptors (Lipinski definition) is 3. The van der Waals surface area contributed by atoms with Crippen LogP contribution >= 0.6 is 0 Å².